The molecule has 0 amide bonds. The summed E-state index contributed by atoms with van der Waals surface area (Å²) in [5.74, 6) is 4.53. The fourth-order valence-electron chi connectivity index (χ4n) is 5.69. The Labute approximate surface area is 260 Å². The fraction of sp³-hybridized carbons (Fsp3) is 1.00. The highest BCUT2D eigenvalue weighted by molar-refractivity contribution is 7.99. The second-order valence-electron chi connectivity index (χ2n) is 16.1. The van der Waals surface area contributed by atoms with Crippen LogP contribution >= 0.6 is 11.8 Å². The molecular weight excluding hydrogens is 601 g/mol. The molecule has 0 unspecified atom stereocenters. The maximum atomic E-state index is 11.9. The number of hydrogen-bond acceptors (Lipinski definition) is 10. The first-order chi connectivity index (χ1) is 19.5. The number of ether oxygens (including phenoxy) is 6. The Morgan fingerprint density at radius 3 is 0.976 bits per heavy atom. The first kappa shape index (κ1) is 35.1. The molecule has 0 spiro atoms. The topological polar surface area (TPSA) is 107 Å². The highest BCUT2D eigenvalue weighted by Crippen LogP contribution is 2.36. The van der Waals surface area contributed by atoms with E-state index in [0.29, 0.717) is 37.3 Å². The molecular formula is C30H54O9S3. The Kier molecular flexibility index (Phi) is 11.3. The van der Waals surface area contributed by atoms with Crippen LogP contribution in [-0.4, -0.2) is 126 Å². The molecule has 0 radical (unpaired) electrons. The maximum Gasteiger partial charge on any atom is 0.151 e. The Morgan fingerprint density at radius 1 is 0.500 bits per heavy atom. The molecule has 9 nitrogen and oxygen atoms in total. The van der Waals surface area contributed by atoms with Gasteiger partial charge in [0.05, 0.1) is 90.8 Å². The van der Waals surface area contributed by atoms with Crippen LogP contribution in [0.25, 0.3) is 0 Å². The fourth-order valence-corrected chi connectivity index (χ4v) is 11.7. The van der Waals surface area contributed by atoms with Gasteiger partial charge in [-0.2, -0.15) is 11.8 Å². The monoisotopic (exact) mass is 654 g/mol. The summed E-state index contributed by atoms with van der Waals surface area (Å²) in [7, 11) is -3.69. The van der Waals surface area contributed by atoms with Crippen LogP contribution in [0.2, 0.25) is 0 Å². The molecule has 0 aliphatic carbocycles. The van der Waals surface area contributed by atoms with Crippen LogP contribution in [0.1, 0.15) is 41.5 Å². The normalized spacial score (nSPS) is 28.4. The van der Waals surface area contributed by atoms with Crippen LogP contribution in [0, 0.1) is 32.5 Å². The van der Waals surface area contributed by atoms with Gasteiger partial charge in [0.25, 0.3) is 0 Å². The van der Waals surface area contributed by atoms with Crippen molar-refractivity contribution in [2.75, 3.05) is 114 Å². The molecule has 0 aromatic heterocycles. The van der Waals surface area contributed by atoms with Gasteiger partial charge in [-0.3, -0.25) is 4.21 Å². The van der Waals surface area contributed by atoms with Gasteiger partial charge in [-0.15, -0.1) is 0 Å². The number of thioether (sulfide) groups is 1. The van der Waals surface area contributed by atoms with E-state index in [1.54, 1.807) is 0 Å². The summed E-state index contributed by atoms with van der Waals surface area (Å²) in [6, 6.07) is 0. The summed E-state index contributed by atoms with van der Waals surface area (Å²) in [5.41, 5.74) is 0.967. The molecule has 0 bridgehead atoms. The lowest BCUT2D eigenvalue weighted by atomic mass is 9.91. The van der Waals surface area contributed by atoms with Gasteiger partial charge in [0.2, 0.25) is 0 Å². The van der Waals surface area contributed by atoms with Crippen molar-refractivity contribution < 1.29 is 41.0 Å². The van der Waals surface area contributed by atoms with Crippen molar-refractivity contribution in [2.45, 2.75) is 41.5 Å². The standard InChI is InChI=1S/C10H18O4S.C10H18O3S.C10H18O2S/c1-9(3-13-4-9)7-15(11,12)8-10(2)5-14-6-10;1-9(3-12-4-9)7-14(11)8-10(2)5-13-6-10;1-9(3-11-4-9)7-13-8-10(2)5-12-6-10/h3-8H2,1-2H3;3-8H2,1-2H3;3-8H2,1-2H3. The predicted octanol–water partition coefficient (Wildman–Crippen LogP) is 3.07. The van der Waals surface area contributed by atoms with Gasteiger partial charge < -0.3 is 28.4 Å². The van der Waals surface area contributed by atoms with Crippen molar-refractivity contribution in [3.63, 3.8) is 0 Å². The first-order valence-corrected chi connectivity index (χ1v) is 19.5. The van der Waals surface area contributed by atoms with Crippen molar-refractivity contribution in [1.82, 2.24) is 0 Å². The maximum absolute atomic E-state index is 11.9. The van der Waals surface area contributed by atoms with Crippen LogP contribution in [-0.2, 0) is 49.1 Å². The average Bonchev–Trinajstić information content (AvgIpc) is 2.78. The van der Waals surface area contributed by atoms with Gasteiger partial charge in [-0.05, 0) is 0 Å². The smallest absolute Gasteiger partial charge is 0.151 e. The van der Waals surface area contributed by atoms with Gasteiger partial charge in [-0.25, -0.2) is 8.42 Å². The summed E-state index contributed by atoms with van der Waals surface area (Å²) in [5, 5.41) is 0. The summed E-state index contributed by atoms with van der Waals surface area (Å²) in [6.45, 7) is 22.0. The van der Waals surface area contributed by atoms with E-state index in [1.807, 2.05) is 13.8 Å². The Hall–Kier alpha value is 0.210. The van der Waals surface area contributed by atoms with E-state index >= 15 is 0 Å². The van der Waals surface area contributed by atoms with E-state index in [-0.39, 0.29) is 33.2 Å². The molecule has 0 saturated carbocycles. The zero-order valence-corrected chi connectivity index (χ0v) is 29.1. The summed E-state index contributed by atoms with van der Waals surface area (Å²) < 4.78 is 66.6. The summed E-state index contributed by atoms with van der Waals surface area (Å²) in [6.07, 6.45) is 0. The van der Waals surface area contributed by atoms with Crippen LogP contribution in [0.3, 0.4) is 0 Å². The quantitative estimate of drug-likeness (QED) is 0.312. The third-order valence-electron chi connectivity index (χ3n) is 8.46. The Morgan fingerprint density at radius 2 is 0.762 bits per heavy atom. The first-order valence-electron chi connectivity index (χ1n) is 15.1. The Bertz CT molecular complexity index is 951. The molecule has 12 heteroatoms. The molecule has 6 heterocycles. The average molecular weight is 655 g/mol. The van der Waals surface area contributed by atoms with Gasteiger partial charge in [0, 0.05) is 66.3 Å². The summed E-state index contributed by atoms with van der Waals surface area (Å²) in [4.78, 5) is 0. The van der Waals surface area contributed by atoms with Gasteiger partial charge >= 0.3 is 0 Å². The molecule has 6 aliphatic heterocycles. The molecule has 6 fully saturated rings. The minimum Gasteiger partial charge on any atom is -0.380 e. The van der Waals surface area contributed by atoms with E-state index in [9.17, 15) is 12.6 Å². The molecule has 42 heavy (non-hydrogen) atoms. The SMILES string of the molecule is CC1(CS(=O)(=O)CC2(C)COC2)COC1.CC1(CS(=O)CC2(C)COC2)COC1.CC1(CSCC2(C)COC2)COC1. The molecule has 6 rings (SSSR count). The number of sulfone groups is 1. The van der Waals surface area contributed by atoms with E-state index in [4.69, 9.17) is 28.4 Å². The lowest BCUT2D eigenvalue weighted by Gasteiger charge is -2.41. The van der Waals surface area contributed by atoms with Crippen LogP contribution in [0.5, 0.6) is 0 Å². The van der Waals surface area contributed by atoms with E-state index in [1.165, 1.54) is 11.5 Å². The third-order valence-corrected chi connectivity index (χ3v) is 14.6. The second-order valence-corrected chi connectivity index (χ2v) is 20.6. The molecule has 0 aromatic rings. The number of rotatable bonds is 12. The van der Waals surface area contributed by atoms with Crippen molar-refractivity contribution in [2.24, 2.45) is 32.5 Å². The van der Waals surface area contributed by atoms with E-state index in [2.05, 4.69) is 39.5 Å². The Balaban J connectivity index is 0.000000145. The largest absolute Gasteiger partial charge is 0.380 e. The lowest BCUT2D eigenvalue weighted by Crippen LogP contribution is -2.50. The zero-order valence-electron chi connectivity index (χ0n) is 26.6. The highest BCUT2D eigenvalue weighted by Gasteiger charge is 2.43. The van der Waals surface area contributed by atoms with Gasteiger partial charge in [-0.1, -0.05) is 41.5 Å². The minimum absolute atomic E-state index is 0.153. The predicted molar refractivity (Wildman–Crippen MR) is 167 cm³/mol. The van der Waals surface area contributed by atoms with Crippen molar-refractivity contribution >= 4 is 32.4 Å². The molecule has 6 saturated heterocycles. The van der Waals surface area contributed by atoms with E-state index in [0.717, 1.165) is 64.4 Å². The summed E-state index contributed by atoms with van der Waals surface area (Å²) >= 11 is 2.06. The lowest BCUT2D eigenvalue weighted by molar-refractivity contribution is -0.0912. The molecule has 0 aromatic carbocycles. The zero-order chi connectivity index (χ0) is 30.8. The van der Waals surface area contributed by atoms with Crippen molar-refractivity contribution in [1.29, 1.82) is 0 Å². The van der Waals surface area contributed by atoms with E-state index < -0.39 is 20.6 Å². The molecule has 0 atom stereocenters. The van der Waals surface area contributed by atoms with Crippen LogP contribution in [0.15, 0.2) is 0 Å². The third kappa shape index (κ3) is 10.1. The second kappa shape index (κ2) is 13.5. The van der Waals surface area contributed by atoms with Crippen LogP contribution < -0.4 is 0 Å². The van der Waals surface area contributed by atoms with Crippen molar-refractivity contribution in [3.8, 4) is 0 Å². The number of hydrogen-bond donors (Lipinski definition) is 0. The molecule has 6 aliphatic rings. The van der Waals surface area contributed by atoms with Crippen LogP contribution in [0.4, 0.5) is 0 Å². The van der Waals surface area contributed by atoms with Gasteiger partial charge in [0.15, 0.2) is 9.84 Å². The highest BCUT2D eigenvalue weighted by atomic mass is 32.2. The van der Waals surface area contributed by atoms with Crippen molar-refractivity contribution in [3.05, 3.63) is 0 Å². The molecule has 246 valence electrons. The minimum atomic E-state index is -2.98. The molecule has 0 N–H and O–H groups in total. The van der Waals surface area contributed by atoms with Gasteiger partial charge in [0.1, 0.15) is 0 Å².